The van der Waals surface area contributed by atoms with Gasteiger partial charge >= 0.3 is 0 Å². The number of H-pyrrole nitrogens is 1. The Hall–Kier alpha value is -3.62. The van der Waals surface area contributed by atoms with E-state index in [1.807, 2.05) is 6.92 Å². The third-order valence-corrected chi connectivity index (χ3v) is 4.18. The normalized spacial score (nSPS) is 10.6. The molecule has 0 aliphatic carbocycles. The fourth-order valence-electron chi connectivity index (χ4n) is 2.86. The Morgan fingerprint density at radius 3 is 2.45 bits per heavy atom. The van der Waals surface area contributed by atoms with Crippen LogP contribution < -0.4 is 20.3 Å². The number of carbonyl (C=O) groups is 1. The van der Waals surface area contributed by atoms with Gasteiger partial charge in [0.05, 0.1) is 19.9 Å². The van der Waals surface area contributed by atoms with Crippen LogP contribution in [-0.4, -0.2) is 39.9 Å². The monoisotopic (exact) mass is 397 g/mol. The summed E-state index contributed by atoms with van der Waals surface area (Å²) in [6.07, 6.45) is 1.53. The number of aromatic nitrogens is 4. The lowest BCUT2D eigenvalue weighted by Gasteiger charge is -2.11. The summed E-state index contributed by atoms with van der Waals surface area (Å²) in [4.78, 5) is 32.0. The summed E-state index contributed by atoms with van der Waals surface area (Å²) >= 11 is 0. The van der Waals surface area contributed by atoms with Crippen molar-refractivity contribution in [2.75, 3.05) is 19.5 Å². The summed E-state index contributed by atoms with van der Waals surface area (Å²) in [5.74, 6) is 1.24. The van der Waals surface area contributed by atoms with Gasteiger partial charge in [0.15, 0.2) is 0 Å². The molecule has 0 fully saturated rings. The molecular formula is C20H23N5O4. The zero-order chi connectivity index (χ0) is 21.0. The molecule has 9 nitrogen and oxygen atoms in total. The van der Waals surface area contributed by atoms with Crippen LogP contribution in [0.4, 0.5) is 5.82 Å². The van der Waals surface area contributed by atoms with Crippen LogP contribution >= 0.6 is 0 Å². The number of rotatable bonds is 7. The summed E-state index contributed by atoms with van der Waals surface area (Å²) in [5, 5.41) is 7.17. The molecule has 2 heterocycles. The number of aromatic amines is 1. The molecule has 2 N–H and O–H groups in total. The predicted octanol–water partition coefficient (Wildman–Crippen LogP) is 2.49. The van der Waals surface area contributed by atoms with E-state index >= 15 is 0 Å². The molecule has 0 spiro atoms. The number of nitrogens with one attached hydrogen (secondary N) is 2. The van der Waals surface area contributed by atoms with E-state index in [0.29, 0.717) is 40.7 Å². The first-order valence-electron chi connectivity index (χ1n) is 9.15. The second-order valence-corrected chi connectivity index (χ2v) is 6.45. The van der Waals surface area contributed by atoms with Crippen LogP contribution in [0.5, 0.6) is 11.5 Å². The van der Waals surface area contributed by atoms with E-state index in [-0.39, 0.29) is 17.4 Å². The molecule has 0 saturated carbocycles. The van der Waals surface area contributed by atoms with Crippen molar-refractivity contribution in [3.63, 3.8) is 0 Å². The highest BCUT2D eigenvalue weighted by atomic mass is 16.5. The molecule has 0 aliphatic rings. The van der Waals surface area contributed by atoms with Crippen molar-refractivity contribution in [2.24, 2.45) is 0 Å². The van der Waals surface area contributed by atoms with Gasteiger partial charge in [0.25, 0.3) is 11.5 Å². The molecule has 3 rings (SSSR count). The fourth-order valence-corrected chi connectivity index (χ4v) is 2.86. The van der Waals surface area contributed by atoms with E-state index in [9.17, 15) is 9.59 Å². The van der Waals surface area contributed by atoms with Gasteiger partial charge in [0, 0.05) is 29.5 Å². The Bertz CT molecular complexity index is 1060. The number of aryl methyl sites for hydroxylation is 2. The molecule has 0 unspecified atom stereocenters. The summed E-state index contributed by atoms with van der Waals surface area (Å²) in [5.41, 5.74) is 1.40. The Morgan fingerprint density at radius 2 is 1.83 bits per heavy atom. The number of methoxy groups -OCH3 is 2. The minimum atomic E-state index is -0.379. The first kappa shape index (κ1) is 20.1. The second kappa shape index (κ2) is 8.59. The quantitative estimate of drug-likeness (QED) is 0.634. The molecule has 0 radical (unpaired) electrons. The first-order chi connectivity index (χ1) is 13.9. The topological polar surface area (TPSA) is 111 Å². The Labute approximate surface area is 167 Å². The highest BCUT2D eigenvalue weighted by Gasteiger charge is 2.16. The number of nitrogens with zero attached hydrogens (tertiary/aromatic N) is 3. The lowest BCUT2D eigenvalue weighted by atomic mass is 10.2. The molecule has 0 saturated heterocycles. The lowest BCUT2D eigenvalue weighted by Crippen LogP contribution is -2.19. The van der Waals surface area contributed by atoms with E-state index in [2.05, 4.69) is 20.4 Å². The molecule has 1 aromatic carbocycles. The van der Waals surface area contributed by atoms with Crippen molar-refractivity contribution in [3.8, 4) is 17.4 Å². The van der Waals surface area contributed by atoms with Crippen LogP contribution in [0.15, 0.2) is 35.1 Å². The van der Waals surface area contributed by atoms with Gasteiger partial charge in [-0.05, 0) is 25.5 Å². The second-order valence-electron chi connectivity index (χ2n) is 6.45. The molecule has 1 amide bonds. The highest BCUT2D eigenvalue weighted by Crippen LogP contribution is 2.23. The maximum absolute atomic E-state index is 12.8. The fraction of sp³-hybridized carbons (Fsp3) is 0.300. The van der Waals surface area contributed by atoms with Gasteiger partial charge in [-0.2, -0.15) is 9.78 Å². The molecule has 9 heteroatoms. The molecule has 152 valence electrons. The molecular weight excluding hydrogens is 374 g/mol. The highest BCUT2D eigenvalue weighted by molar-refractivity contribution is 6.04. The predicted molar refractivity (Wildman–Crippen MR) is 108 cm³/mol. The van der Waals surface area contributed by atoms with Gasteiger partial charge in [-0.3, -0.25) is 14.6 Å². The number of anilines is 1. The largest absolute Gasteiger partial charge is 0.497 e. The Morgan fingerprint density at radius 1 is 1.14 bits per heavy atom. The first-order valence-corrected chi connectivity index (χ1v) is 9.15. The molecule has 29 heavy (non-hydrogen) atoms. The average molecular weight is 397 g/mol. The van der Waals surface area contributed by atoms with Crippen molar-refractivity contribution in [2.45, 2.75) is 26.7 Å². The zero-order valence-electron chi connectivity index (χ0n) is 16.8. The Balaban J connectivity index is 1.96. The van der Waals surface area contributed by atoms with Gasteiger partial charge in [-0.15, -0.1) is 0 Å². The van der Waals surface area contributed by atoms with Crippen LogP contribution in [0.25, 0.3) is 5.95 Å². The summed E-state index contributed by atoms with van der Waals surface area (Å²) in [7, 11) is 3.03. The molecule has 3 aromatic rings. The summed E-state index contributed by atoms with van der Waals surface area (Å²) in [6.45, 7) is 3.80. The lowest BCUT2D eigenvalue weighted by molar-refractivity contribution is 0.102. The van der Waals surface area contributed by atoms with Crippen molar-refractivity contribution in [1.82, 2.24) is 19.7 Å². The van der Waals surface area contributed by atoms with E-state index in [4.69, 9.17) is 9.47 Å². The Kier molecular flexibility index (Phi) is 5.96. The maximum atomic E-state index is 12.8. The van der Waals surface area contributed by atoms with E-state index < -0.39 is 0 Å². The van der Waals surface area contributed by atoms with E-state index in [0.717, 1.165) is 6.42 Å². The maximum Gasteiger partial charge on any atom is 0.257 e. The third kappa shape index (κ3) is 4.63. The van der Waals surface area contributed by atoms with Crippen molar-refractivity contribution in [3.05, 3.63) is 57.6 Å². The van der Waals surface area contributed by atoms with Gasteiger partial charge in [0.2, 0.25) is 5.95 Å². The molecule has 0 atom stereocenters. The number of benzene rings is 1. The molecule has 2 aromatic heterocycles. The molecule has 0 aliphatic heterocycles. The van der Waals surface area contributed by atoms with Gasteiger partial charge in [-0.25, -0.2) is 4.98 Å². The van der Waals surface area contributed by atoms with Crippen LogP contribution in [0.1, 0.15) is 35.1 Å². The number of hydrogen-bond acceptors (Lipinski definition) is 6. The van der Waals surface area contributed by atoms with Crippen LogP contribution in [0.2, 0.25) is 0 Å². The number of ether oxygens (including phenoxy) is 2. The number of hydrogen-bond donors (Lipinski definition) is 2. The number of carbonyl (C=O) groups excluding carboxylic acids is 1. The van der Waals surface area contributed by atoms with Crippen molar-refractivity contribution >= 4 is 11.7 Å². The third-order valence-electron chi connectivity index (χ3n) is 4.18. The zero-order valence-corrected chi connectivity index (χ0v) is 16.8. The van der Waals surface area contributed by atoms with Crippen molar-refractivity contribution in [1.29, 1.82) is 0 Å². The van der Waals surface area contributed by atoms with Crippen molar-refractivity contribution < 1.29 is 14.3 Å². The van der Waals surface area contributed by atoms with Gasteiger partial charge in [-0.1, -0.05) is 13.3 Å². The minimum Gasteiger partial charge on any atom is -0.497 e. The molecule has 0 bridgehead atoms. The van der Waals surface area contributed by atoms with E-state index in [1.165, 1.54) is 25.0 Å². The SMILES string of the molecule is CCCc1cc(=O)[nH]c(-n2nc(C)cc2NC(=O)c2cc(OC)cc(OC)c2)n1. The van der Waals surface area contributed by atoms with Crippen LogP contribution in [0, 0.1) is 6.92 Å². The summed E-state index contributed by atoms with van der Waals surface area (Å²) in [6, 6.07) is 8.05. The standard InChI is InChI=1S/C20H23N5O4/c1-5-6-14-10-18(26)23-20(21-14)25-17(7-12(2)24-25)22-19(27)13-8-15(28-3)11-16(9-13)29-4/h7-11H,5-6H2,1-4H3,(H,22,27)(H,21,23,26). The van der Waals surface area contributed by atoms with Gasteiger partial charge < -0.3 is 14.8 Å². The minimum absolute atomic E-state index is 0.243. The smallest absolute Gasteiger partial charge is 0.257 e. The van der Waals surface area contributed by atoms with Crippen LogP contribution in [0.3, 0.4) is 0 Å². The van der Waals surface area contributed by atoms with Gasteiger partial charge in [0.1, 0.15) is 17.3 Å². The summed E-state index contributed by atoms with van der Waals surface area (Å²) < 4.78 is 11.8. The van der Waals surface area contributed by atoms with Crippen LogP contribution in [-0.2, 0) is 6.42 Å². The van der Waals surface area contributed by atoms with E-state index in [1.54, 1.807) is 31.2 Å². The number of amides is 1. The average Bonchev–Trinajstić information content (AvgIpc) is 3.07.